The molecule has 106 valence electrons. The van der Waals surface area contributed by atoms with Crippen LogP contribution in [-0.4, -0.2) is 13.2 Å². The normalized spacial score (nSPS) is 12.2. The summed E-state index contributed by atoms with van der Waals surface area (Å²) >= 11 is 0. The summed E-state index contributed by atoms with van der Waals surface area (Å²) in [6.45, 7) is 5.19. The minimum atomic E-state index is -0.203. The Labute approximate surface area is 119 Å². The molecule has 2 aromatic rings. The van der Waals surface area contributed by atoms with E-state index in [0.717, 1.165) is 12.3 Å². The molecule has 0 aliphatic heterocycles. The molecule has 0 saturated heterocycles. The van der Waals surface area contributed by atoms with Crippen molar-refractivity contribution in [2.24, 2.45) is 0 Å². The highest BCUT2D eigenvalue weighted by Gasteiger charge is 2.15. The van der Waals surface area contributed by atoms with Gasteiger partial charge in [0, 0.05) is 5.56 Å². The molecular formula is C17H20FNO. The van der Waals surface area contributed by atoms with Crippen molar-refractivity contribution in [3.63, 3.8) is 0 Å². The van der Waals surface area contributed by atoms with E-state index in [1.807, 2.05) is 44.2 Å². The maximum atomic E-state index is 13.8. The molecule has 0 bridgehead atoms. The molecule has 0 radical (unpaired) electrons. The van der Waals surface area contributed by atoms with E-state index in [1.54, 1.807) is 12.1 Å². The van der Waals surface area contributed by atoms with Gasteiger partial charge in [0.25, 0.3) is 0 Å². The average Bonchev–Trinajstić information content (AvgIpc) is 2.46. The fourth-order valence-electron chi connectivity index (χ4n) is 2.08. The Kier molecular flexibility index (Phi) is 5.13. The molecule has 2 nitrogen and oxygen atoms in total. The van der Waals surface area contributed by atoms with Crippen LogP contribution >= 0.6 is 0 Å². The molecule has 0 aliphatic carbocycles. The summed E-state index contributed by atoms with van der Waals surface area (Å²) in [5, 5.41) is 3.26. The monoisotopic (exact) mass is 273 g/mol. The summed E-state index contributed by atoms with van der Waals surface area (Å²) in [6, 6.07) is 14.5. The highest BCUT2D eigenvalue weighted by Crippen LogP contribution is 2.19. The largest absolute Gasteiger partial charge is 0.492 e. The van der Waals surface area contributed by atoms with Crippen molar-refractivity contribution in [1.82, 2.24) is 5.32 Å². The Hall–Kier alpha value is -1.87. The van der Waals surface area contributed by atoms with Crippen LogP contribution in [0.3, 0.4) is 0 Å². The number of halogens is 1. The molecule has 20 heavy (non-hydrogen) atoms. The van der Waals surface area contributed by atoms with Gasteiger partial charge in [-0.2, -0.15) is 0 Å². The molecule has 0 amide bonds. The van der Waals surface area contributed by atoms with Crippen molar-refractivity contribution in [3.05, 3.63) is 65.5 Å². The molecule has 1 N–H and O–H groups in total. The first-order valence-corrected chi connectivity index (χ1v) is 6.88. The van der Waals surface area contributed by atoms with E-state index >= 15 is 0 Å². The minimum Gasteiger partial charge on any atom is -0.492 e. The highest BCUT2D eigenvalue weighted by molar-refractivity contribution is 5.27. The molecule has 2 rings (SSSR count). The van der Waals surface area contributed by atoms with Gasteiger partial charge in [-0.15, -0.1) is 0 Å². The van der Waals surface area contributed by atoms with Gasteiger partial charge in [-0.1, -0.05) is 42.8 Å². The van der Waals surface area contributed by atoms with Gasteiger partial charge in [-0.3, -0.25) is 0 Å². The van der Waals surface area contributed by atoms with Gasteiger partial charge in [0.15, 0.2) is 0 Å². The molecule has 0 spiro atoms. The molecule has 0 fully saturated rings. The molecule has 0 aromatic heterocycles. The number of hydrogen-bond donors (Lipinski definition) is 1. The van der Waals surface area contributed by atoms with E-state index in [1.165, 1.54) is 11.6 Å². The third-order valence-electron chi connectivity index (χ3n) is 3.17. The summed E-state index contributed by atoms with van der Waals surface area (Å²) < 4.78 is 19.6. The maximum absolute atomic E-state index is 13.8. The summed E-state index contributed by atoms with van der Waals surface area (Å²) in [7, 11) is 0. The third kappa shape index (κ3) is 3.81. The van der Waals surface area contributed by atoms with Crippen molar-refractivity contribution in [1.29, 1.82) is 0 Å². The molecule has 0 aliphatic rings. The fraction of sp³-hybridized carbons (Fsp3) is 0.294. The van der Waals surface area contributed by atoms with Crippen LogP contribution in [-0.2, 0) is 0 Å². The van der Waals surface area contributed by atoms with Gasteiger partial charge in [-0.05, 0) is 31.7 Å². The van der Waals surface area contributed by atoms with E-state index < -0.39 is 0 Å². The van der Waals surface area contributed by atoms with Crippen molar-refractivity contribution < 1.29 is 9.13 Å². The first-order chi connectivity index (χ1) is 9.70. The van der Waals surface area contributed by atoms with E-state index in [0.29, 0.717) is 12.2 Å². The number of aryl methyl sites for hydroxylation is 1. The van der Waals surface area contributed by atoms with Crippen LogP contribution in [0.25, 0.3) is 0 Å². The Bertz CT molecular complexity index is 539. The number of rotatable bonds is 6. The van der Waals surface area contributed by atoms with Gasteiger partial charge in [-0.25, -0.2) is 4.39 Å². The lowest BCUT2D eigenvalue weighted by Crippen LogP contribution is -2.27. The van der Waals surface area contributed by atoms with Crippen LogP contribution in [0.2, 0.25) is 0 Å². The number of ether oxygens (including phenoxy) is 1. The SMILES string of the molecule is CCNC(COc1ccc(C)cc1)c1ccccc1F. The lowest BCUT2D eigenvalue weighted by molar-refractivity contribution is 0.265. The standard InChI is InChI=1S/C17H20FNO/c1-3-19-17(15-6-4-5-7-16(15)18)12-20-14-10-8-13(2)9-11-14/h4-11,17,19H,3,12H2,1-2H3. The molecular weight excluding hydrogens is 253 g/mol. The van der Waals surface area contributed by atoms with E-state index in [4.69, 9.17) is 4.74 Å². The van der Waals surface area contributed by atoms with Gasteiger partial charge in [0.2, 0.25) is 0 Å². The first kappa shape index (κ1) is 14.5. The first-order valence-electron chi connectivity index (χ1n) is 6.88. The number of benzene rings is 2. The summed E-state index contributed by atoms with van der Waals surface area (Å²) in [6.07, 6.45) is 0. The van der Waals surface area contributed by atoms with Crippen molar-refractivity contribution in [2.45, 2.75) is 19.9 Å². The Morgan fingerprint density at radius 2 is 1.80 bits per heavy atom. The van der Waals surface area contributed by atoms with E-state index in [-0.39, 0.29) is 11.9 Å². The Balaban J connectivity index is 2.06. The van der Waals surface area contributed by atoms with E-state index in [9.17, 15) is 4.39 Å². The predicted molar refractivity (Wildman–Crippen MR) is 79.5 cm³/mol. The second kappa shape index (κ2) is 7.06. The van der Waals surface area contributed by atoms with Gasteiger partial charge >= 0.3 is 0 Å². The smallest absolute Gasteiger partial charge is 0.128 e. The maximum Gasteiger partial charge on any atom is 0.128 e. The number of hydrogen-bond acceptors (Lipinski definition) is 2. The van der Waals surface area contributed by atoms with Crippen LogP contribution in [0, 0.1) is 12.7 Å². The van der Waals surface area contributed by atoms with Crippen LogP contribution in [0.1, 0.15) is 24.1 Å². The zero-order valence-corrected chi connectivity index (χ0v) is 11.9. The van der Waals surface area contributed by atoms with Gasteiger partial charge in [0.1, 0.15) is 18.2 Å². The lowest BCUT2D eigenvalue weighted by Gasteiger charge is -2.19. The molecule has 3 heteroatoms. The summed E-state index contributed by atoms with van der Waals surface area (Å²) in [5.41, 5.74) is 1.83. The van der Waals surface area contributed by atoms with Crippen LogP contribution in [0.5, 0.6) is 5.75 Å². The summed E-state index contributed by atoms with van der Waals surface area (Å²) in [5.74, 6) is 0.598. The number of likely N-dealkylation sites (N-methyl/N-ethyl adjacent to an activating group) is 1. The third-order valence-corrected chi connectivity index (χ3v) is 3.17. The Morgan fingerprint density at radius 3 is 2.45 bits per heavy atom. The summed E-state index contributed by atoms with van der Waals surface area (Å²) in [4.78, 5) is 0. The van der Waals surface area contributed by atoms with E-state index in [2.05, 4.69) is 5.32 Å². The molecule has 1 unspecified atom stereocenters. The lowest BCUT2D eigenvalue weighted by atomic mass is 10.1. The van der Waals surface area contributed by atoms with Crippen LogP contribution < -0.4 is 10.1 Å². The van der Waals surface area contributed by atoms with Crippen molar-refractivity contribution in [3.8, 4) is 5.75 Å². The molecule has 2 aromatic carbocycles. The topological polar surface area (TPSA) is 21.3 Å². The number of nitrogens with one attached hydrogen (secondary N) is 1. The average molecular weight is 273 g/mol. The second-order valence-electron chi connectivity index (χ2n) is 4.76. The minimum absolute atomic E-state index is 0.150. The quantitative estimate of drug-likeness (QED) is 0.862. The van der Waals surface area contributed by atoms with Crippen LogP contribution in [0.15, 0.2) is 48.5 Å². The highest BCUT2D eigenvalue weighted by atomic mass is 19.1. The van der Waals surface area contributed by atoms with Crippen LogP contribution in [0.4, 0.5) is 4.39 Å². The zero-order chi connectivity index (χ0) is 14.4. The van der Waals surface area contributed by atoms with Crippen molar-refractivity contribution >= 4 is 0 Å². The Morgan fingerprint density at radius 1 is 1.10 bits per heavy atom. The molecule has 1 atom stereocenters. The molecule has 0 heterocycles. The van der Waals surface area contributed by atoms with Crippen molar-refractivity contribution in [2.75, 3.05) is 13.2 Å². The van der Waals surface area contributed by atoms with Gasteiger partial charge in [0.05, 0.1) is 6.04 Å². The fourth-order valence-corrected chi connectivity index (χ4v) is 2.08. The van der Waals surface area contributed by atoms with Gasteiger partial charge < -0.3 is 10.1 Å². The predicted octanol–water partition coefficient (Wildman–Crippen LogP) is 3.86. The zero-order valence-electron chi connectivity index (χ0n) is 11.9. The molecule has 0 saturated carbocycles. The second-order valence-corrected chi connectivity index (χ2v) is 4.76.